The zero-order chi connectivity index (χ0) is 14.7. The van der Waals surface area contributed by atoms with Crippen LogP contribution >= 0.6 is 0 Å². The van der Waals surface area contributed by atoms with Crippen molar-refractivity contribution >= 4 is 17.6 Å². The molecule has 0 radical (unpaired) electrons. The molecule has 0 amide bonds. The van der Waals surface area contributed by atoms with Gasteiger partial charge in [-0.3, -0.25) is 15.1 Å². The van der Waals surface area contributed by atoms with Crippen LogP contribution in [0, 0.1) is 24.0 Å². The molecule has 0 saturated carbocycles. The zero-order valence-corrected chi connectivity index (χ0v) is 11.2. The number of nitro benzene ring substituents is 1. The van der Waals surface area contributed by atoms with Gasteiger partial charge in [0.1, 0.15) is 0 Å². The molecule has 0 atom stereocenters. The molecular formula is C15H14N2O3. The predicted octanol–water partition coefficient (Wildman–Crippen LogP) is 3.67. The summed E-state index contributed by atoms with van der Waals surface area (Å²) >= 11 is 0. The first-order valence-corrected chi connectivity index (χ1v) is 6.06. The topological polar surface area (TPSA) is 75.7 Å². The van der Waals surface area contributed by atoms with E-state index in [0.29, 0.717) is 5.56 Å². The number of nitrogens with zero attached hydrogens (tertiary/aromatic N) is 2. The van der Waals surface area contributed by atoms with Crippen LogP contribution < -0.4 is 0 Å². The van der Waals surface area contributed by atoms with Crippen LogP contribution in [0.3, 0.4) is 0 Å². The Balaban J connectivity index is 2.32. The van der Waals surface area contributed by atoms with Crippen molar-refractivity contribution < 1.29 is 10.0 Å². The van der Waals surface area contributed by atoms with Crippen molar-refractivity contribution in [3.8, 4) is 5.75 Å². The van der Waals surface area contributed by atoms with Crippen LogP contribution in [-0.4, -0.2) is 16.2 Å². The van der Waals surface area contributed by atoms with E-state index in [9.17, 15) is 15.2 Å². The molecule has 0 spiro atoms. The van der Waals surface area contributed by atoms with Crippen LogP contribution in [0.25, 0.3) is 0 Å². The average Bonchev–Trinajstić information content (AvgIpc) is 2.39. The van der Waals surface area contributed by atoms with Gasteiger partial charge >= 0.3 is 5.69 Å². The largest absolute Gasteiger partial charge is 0.502 e. The highest BCUT2D eigenvalue weighted by Crippen LogP contribution is 2.26. The fraction of sp³-hybridized carbons (Fsp3) is 0.133. The Morgan fingerprint density at radius 3 is 2.60 bits per heavy atom. The monoisotopic (exact) mass is 270 g/mol. The van der Waals surface area contributed by atoms with Gasteiger partial charge in [0.25, 0.3) is 0 Å². The van der Waals surface area contributed by atoms with Crippen LogP contribution in [0.2, 0.25) is 0 Å². The van der Waals surface area contributed by atoms with Crippen molar-refractivity contribution in [2.24, 2.45) is 4.99 Å². The molecule has 2 aromatic carbocycles. The maximum absolute atomic E-state index is 10.7. The van der Waals surface area contributed by atoms with Crippen molar-refractivity contribution in [1.29, 1.82) is 0 Å². The molecule has 2 rings (SSSR count). The van der Waals surface area contributed by atoms with Crippen molar-refractivity contribution in [3.63, 3.8) is 0 Å². The summed E-state index contributed by atoms with van der Waals surface area (Å²) in [5, 5.41) is 20.1. The fourth-order valence-electron chi connectivity index (χ4n) is 1.86. The first kappa shape index (κ1) is 13.7. The lowest BCUT2D eigenvalue weighted by Crippen LogP contribution is -1.90. The molecule has 0 unspecified atom stereocenters. The Morgan fingerprint density at radius 1 is 1.20 bits per heavy atom. The molecule has 0 aromatic heterocycles. The molecule has 1 N–H and O–H groups in total. The van der Waals surface area contributed by atoms with Gasteiger partial charge in [-0.25, -0.2) is 0 Å². The van der Waals surface area contributed by atoms with Crippen LogP contribution in [-0.2, 0) is 0 Å². The average molecular weight is 270 g/mol. The summed E-state index contributed by atoms with van der Waals surface area (Å²) < 4.78 is 0. The molecule has 102 valence electrons. The third-order valence-corrected chi connectivity index (χ3v) is 2.90. The Morgan fingerprint density at radius 2 is 1.95 bits per heavy atom. The van der Waals surface area contributed by atoms with Gasteiger partial charge in [-0.1, -0.05) is 17.7 Å². The number of phenols is 1. The molecule has 0 aliphatic rings. The Hall–Kier alpha value is -2.69. The molecule has 0 heterocycles. The quantitative estimate of drug-likeness (QED) is 0.525. The van der Waals surface area contributed by atoms with Crippen molar-refractivity contribution in [2.75, 3.05) is 0 Å². The summed E-state index contributed by atoms with van der Waals surface area (Å²) in [4.78, 5) is 14.4. The van der Waals surface area contributed by atoms with E-state index in [1.807, 2.05) is 32.0 Å². The lowest BCUT2D eigenvalue weighted by molar-refractivity contribution is -0.385. The molecule has 0 aliphatic heterocycles. The number of benzene rings is 2. The maximum Gasteiger partial charge on any atom is 0.311 e. The van der Waals surface area contributed by atoms with E-state index < -0.39 is 4.92 Å². The van der Waals surface area contributed by atoms with Crippen molar-refractivity contribution in [1.82, 2.24) is 0 Å². The number of nitro groups is 1. The molecular weight excluding hydrogens is 256 g/mol. The highest BCUT2D eigenvalue weighted by molar-refractivity contribution is 5.83. The van der Waals surface area contributed by atoms with Gasteiger partial charge in [0.05, 0.1) is 10.6 Å². The zero-order valence-electron chi connectivity index (χ0n) is 11.2. The molecule has 0 fully saturated rings. The molecule has 0 saturated heterocycles. The second-order valence-electron chi connectivity index (χ2n) is 4.55. The molecule has 0 bridgehead atoms. The van der Waals surface area contributed by atoms with Gasteiger partial charge in [-0.2, -0.15) is 0 Å². The van der Waals surface area contributed by atoms with Gasteiger partial charge in [0, 0.05) is 12.3 Å². The van der Waals surface area contributed by atoms with Crippen LogP contribution in [0.1, 0.15) is 16.7 Å². The first-order valence-electron chi connectivity index (χ1n) is 6.06. The molecule has 20 heavy (non-hydrogen) atoms. The minimum atomic E-state index is -0.621. The van der Waals surface area contributed by atoms with Gasteiger partial charge in [0.2, 0.25) is 0 Å². The summed E-state index contributed by atoms with van der Waals surface area (Å²) in [6, 6.07) is 10.0. The Labute approximate surface area is 116 Å². The minimum absolute atomic E-state index is 0.324. The minimum Gasteiger partial charge on any atom is -0.502 e. The molecule has 5 nitrogen and oxygen atoms in total. The number of aryl methyl sites for hydroxylation is 2. The third kappa shape index (κ3) is 3.00. The van der Waals surface area contributed by atoms with Crippen LogP contribution in [0.15, 0.2) is 41.4 Å². The number of aliphatic imine (C=N–C) groups is 1. The summed E-state index contributed by atoms with van der Waals surface area (Å²) in [6.45, 7) is 3.96. The number of hydrogen-bond acceptors (Lipinski definition) is 4. The van der Waals surface area contributed by atoms with Gasteiger partial charge in [0.15, 0.2) is 5.75 Å². The number of hydrogen-bond donors (Lipinski definition) is 1. The smallest absolute Gasteiger partial charge is 0.311 e. The molecule has 2 aromatic rings. The van der Waals surface area contributed by atoms with E-state index in [4.69, 9.17) is 0 Å². The van der Waals surface area contributed by atoms with E-state index in [2.05, 4.69) is 4.99 Å². The predicted molar refractivity (Wildman–Crippen MR) is 77.9 cm³/mol. The fourth-order valence-corrected chi connectivity index (χ4v) is 1.86. The number of phenolic OH excluding ortho intramolecular Hbond substituents is 1. The highest BCUT2D eigenvalue weighted by Gasteiger charge is 2.12. The normalized spacial score (nSPS) is 10.9. The van der Waals surface area contributed by atoms with Crippen LogP contribution in [0.4, 0.5) is 11.4 Å². The van der Waals surface area contributed by atoms with Crippen LogP contribution in [0.5, 0.6) is 5.75 Å². The van der Waals surface area contributed by atoms with E-state index >= 15 is 0 Å². The molecule has 0 aliphatic carbocycles. The second-order valence-corrected chi connectivity index (χ2v) is 4.55. The standard InChI is InChI=1S/C15H14N2O3/c1-10-3-5-13(11(2)7-10)16-9-12-4-6-15(18)14(8-12)17(19)20/h3-9,18H,1-2H3. The number of aromatic hydroxyl groups is 1. The van der Waals surface area contributed by atoms with E-state index in [0.717, 1.165) is 16.8 Å². The van der Waals surface area contributed by atoms with Gasteiger partial charge < -0.3 is 5.11 Å². The summed E-state index contributed by atoms with van der Waals surface area (Å²) in [5.41, 5.74) is 3.24. The van der Waals surface area contributed by atoms with E-state index in [1.165, 1.54) is 12.1 Å². The number of rotatable bonds is 3. The Bertz CT molecular complexity index is 694. The first-order chi connectivity index (χ1) is 9.47. The summed E-state index contributed by atoms with van der Waals surface area (Å²) in [7, 11) is 0. The van der Waals surface area contributed by atoms with Gasteiger partial charge in [-0.05, 0) is 43.2 Å². The maximum atomic E-state index is 10.7. The lowest BCUT2D eigenvalue weighted by Gasteiger charge is -2.01. The highest BCUT2D eigenvalue weighted by atomic mass is 16.6. The van der Waals surface area contributed by atoms with Crippen molar-refractivity contribution in [2.45, 2.75) is 13.8 Å². The van der Waals surface area contributed by atoms with Crippen molar-refractivity contribution in [3.05, 3.63) is 63.2 Å². The molecule has 5 heteroatoms. The third-order valence-electron chi connectivity index (χ3n) is 2.90. The SMILES string of the molecule is Cc1ccc(N=Cc2ccc(O)c([N+](=O)[O-])c2)c(C)c1. The second kappa shape index (κ2) is 5.52. The summed E-state index contributed by atoms with van der Waals surface area (Å²) in [6.07, 6.45) is 1.55. The Kier molecular flexibility index (Phi) is 3.79. The van der Waals surface area contributed by atoms with E-state index in [-0.39, 0.29) is 11.4 Å². The lowest BCUT2D eigenvalue weighted by atomic mass is 10.1. The van der Waals surface area contributed by atoms with E-state index in [1.54, 1.807) is 12.3 Å². The van der Waals surface area contributed by atoms with Gasteiger partial charge in [-0.15, -0.1) is 0 Å². The summed E-state index contributed by atoms with van der Waals surface area (Å²) in [5.74, 6) is -0.348.